The van der Waals surface area contributed by atoms with Crippen molar-refractivity contribution in [1.29, 1.82) is 0 Å². The Balaban J connectivity index is 4.59. The molecule has 0 aliphatic carbocycles. The fourth-order valence-electron chi connectivity index (χ4n) is 2.17. The van der Waals surface area contributed by atoms with Crippen LogP contribution in [0, 0.1) is 0 Å². The van der Waals surface area contributed by atoms with Crippen LogP contribution in [-0.2, 0) is 0 Å². The van der Waals surface area contributed by atoms with E-state index < -0.39 is 8.40 Å². The molecule has 2 nitrogen and oxygen atoms in total. The smallest absolute Gasteiger partial charge is 0.206 e. The van der Waals surface area contributed by atoms with Gasteiger partial charge in [0.1, 0.15) is 0 Å². The van der Waals surface area contributed by atoms with Crippen molar-refractivity contribution in [3.63, 3.8) is 0 Å². The monoisotopic (exact) mass is 202 g/mol. The summed E-state index contributed by atoms with van der Waals surface area (Å²) in [6, 6.07) is 1.35. The quantitative estimate of drug-likeness (QED) is 0.666. The molecule has 0 aliphatic heterocycles. The van der Waals surface area contributed by atoms with Crippen LogP contribution >= 0.6 is 0 Å². The highest BCUT2D eigenvalue weighted by Crippen LogP contribution is 2.25. The number of rotatable bonds is 6. The predicted octanol–water partition coefficient (Wildman–Crippen LogP) is 2.42. The Kier molecular flexibility index (Phi) is 5.84. The zero-order valence-corrected chi connectivity index (χ0v) is 11.1. The van der Waals surface area contributed by atoms with Gasteiger partial charge in [0.05, 0.1) is 0 Å². The van der Waals surface area contributed by atoms with Crippen molar-refractivity contribution >= 4 is 8.40 Å². The van der Waals surface area contributed by atoms with Gasteiger partial charge >= 0.3 is 0 Å². The molecule has 0 amide bonds. The third kappa shape index (κ3) is 3.08. The fraction of sp³-hybridized carbons (Fsp3) is 1.00. The number of hydrogen-bond donors (Lipinski definition) is 1. The molecule has 1 unspecified atom stereocenters. The van der Waals surface area contributed by atoms with Crippen molar-refractivity contribution in [3.05, 3.63) is 0 Å². The Labute approximate surface area is 84.9 Å². The van der Waals surface area contributed by atoms with Crippen molar-refractivity contribution in [2.75, 3.05) is 20.6 Å². The zero-order valence-electron chi connectivity index (χ0n) is 10.1. The highest BCUT2D eigenvalue weighted by Gasteiger charge is 2.37. The van der Waals surface area contributed by atoms with Gasteiger partial charge in [-0.3, -0.25) is 0 Å². The lowest BCUT2D eigenvalue weighted by molar-refractivity contribution is 0.553. The molecular formula is C10H26N2Si. The van der Waals surface area contributed by atoms with E-state index in [1.807, 2.05) is 0 Å². The van der Waals surface area contributed by atoms with Crippen LogP contribution in [0.25, 0.3) is 0 Å². The Morgan fingerprint density at radius 2 is 1.77 bits per heavy atom. The first-order valence-electron chi connectivity index (χ1n) is 5.43. The molecular weight excluding hydrogens is 176 g/mol. The minimum absolute atomic E-state index is 0.780. The third-order valence-electron chi connectivity index (χ3n) is 2.87. The van der Waals surface area contributed by atoms with Gasteiger partial charge in [-0.2, -0.15) is 0 Å². The predicted molar refractivity (Wildman–Crippen MR) is 63.3 cm³/mol. The molecule has 0 rings (SSSR count). The van der Waals surface area contributed by atoms with Crippen molar-refractivity contribution in [2.24, 2.45) is 0 Å². The summed E-state index contributed by atoms with van der Waals surface area (Å²) in [6.45, 7) is 10.3. The van der Waals surface area contributed by atoms with E-state index in [-0.39, 0.29) is 0 Å². The molecule has 0 saturated heterocycles. The summed E-state index contributed by atoms with van der Waals surface area (Å²) in [5.41, 5.74) is 0.780. The van der Waals surface area contributed by atoms with Gasteiger partial charge < -0.3 is 9.55 Å². The lowest BCUT2D eigenvalue weighted by Gasteiger charge is -2.41. The molecule has 1 atom stereocenters. The van der Waals surface area contributed by atoms with Crippen LogP contribution in [0.4, 0.5) is 0 Å². The van der Waals surface area contributed by atoms with E-state index in [4.69, 9.17) is 0 Å². The maximum Gasteiger partial charge on any atom is 0.206 e. The van der Waals surface area contributed by atoms with Crippen molar-refractivity contribution in [1.82, 2.24) is 9.55 Å². The number of hydrogen-bond acceptors (Lipinski definition) is 2. The Morgan fingerprint density at radius 1 is 1.23 bits per heavy atom. The molecule has 0 spiro atoms. The van der Waals surface area contributed by atoms with E-state index in [1.54, 1.807) is 0 Å². The molecule has 1 N–H and O–H groups in total. The summed E-state index contributed by atoms with van der Waals surface area (Å²) in [5, 5.41) is 0. The second kappa shape index (κ2) is 5.78. The molecule has 0 saturated carbocycles. The summed E-state index contributed by atoms with van der Waals surface area (Å²) < 4.78 is 2.46. The minimum Gasteiger partial charge on any atom is -0.325 e. The second-order valence-electron chi connectivity index (χ2n) is 4.25. The van der Waals surface area contributed by atoms with Crippen LogP contribution < -0.4 is 4.98 Å². The van der Waals surface area contributed by atoms with Gasteiger partial charge in [0, 0.05) is 0 Å². The average Bonchev–Trinajstić information content (AvgIpc) is 2.03. The molecule has 0 fully saturated rings. The van der Waals surface area contributed by atoms with E-state index in [0.717, 1.165) is 12.1 Å². The molecule has 13 heavy (non-hydrogen) atoms. The van der Waals surface area contributed by atoms with Gasteiger partial charge in [0.25, 0.3) is 0 Å². The maximum atomic E-state index is 3.76. The first-order chi connectivity index (χ1) is 6.01. The molecule has 0 bridgehead atoms. The fourth-order valence-corrected chi connectivity index (χ4v) is 6.50. The van der Waals surface area contributed by atoms with Gasteiger partial charge in [0.15, 0.2) is 0 Å². The van der Waals surface area contributed by atoms with E-state index >= 15 is 0 Å². The SMILES string of the molecule is CCC[Si](NCC)(C(C)C)N(C)C. The lowest BCUT2D eigenvalue weighted by atomic mass is 10.6. The van der Waals surface area contributed by atoms with Crippen LogP contribution in [0.1, 0.15) is 34.1 Å². The zero-order chi connectivity index (χ0) is 10.5. The van der Waals surface area contributed by atoms with Crippen LogP contribution in [0.2, 0.25) is 11.6 Å². The molecule has 0 heterocycles. The Hall–Kier alpha value is 0.137. The minimum atomic E-state index is -1.37. The highest BCUT2D eigenvalue weighted by molar-refractivity contribution is 6.76. The highest BCUT2D eigenvalue weighted by atomic mass is 28.3. The molecule has 80 valence electrons. The number of nitrogens with one attached hydrogen (secondary N) is 1. The van der Waals surface area contributed by atoms with E-state index in [2.05, 4.69) is 51.3 Å². The van der Waals surface area contributed by atoms with Crippen LogP contribution in [-0.4, -0.2) is 33.6 Å². The topological polar surface area (TPSA) is 15.3 Å². The average molecular weight is 202 g/mol. The third-order valence-corrected chi connectivity index (χ3v) is 8.60. The van der Waals surface area contributed by atoms with Crippen molar-refractivity contribution in [2.45, 2.75) is 45.7 Å². The molecule has 3 heteroatoms. The van der Waals surface area contributed by atoms with Gasteiger partial charge in [-0.05, 0) is 32.2 Å². The van der Waals surface area contributed by atoms with Gasteiger partial charge in [0.2, 0.25) is 8.40 Å². The summed E-state index contributed by atoms with van der Waals surface area (Å²) in [6.07, 6.45) is 1.29. The van der Waals surface area contributed by atoms with Crippen molar-refractivity contribution < 1.29 is 0 Å². The standard InChI is InChI=1S/C10H26N2Si/c1-7-9-13(10(3)4,11-8-2)12(5)6/h10-11H,7-9H2,1-6H3. The largest absolute Gasteiger partial charge is 0.325 e. The van der Waals surface area contributed by atoms with E-state index in [0.29, 0.717) is 0 Å². The summed E-state index contributed by atoms with van der Waals surface area (Å²) in [5.74, 6) is 0. The van der Waals surface area contributed by atoms with E-state index in [1.165, 1.54) is 12.5 Å². The van der Waals surface area contributed by atoms with Crippen molar-refractivity contribution in [3.8, 4) is 0 Å². The molecule has 0 aliphatic rings. The van der Waals surface area contributed by atoms with Gasteiger partial charge in [-0.1, -0.05) is 34.1 Å². The summed E-state index contributed by atoms with van der Waals surface area (Å²) in [7, 11) is 3.09. The van der Waals surface area contributed by atoms with E-state index in [9.17, 15) is 0 Å². The Bertz CT molecular complexity index is 119. The first kappa shape index (κ1) is 13.1. The van der Waals surface area contributed by atoms with Gasteiger partial charge in [-0.15, -0.1) is 0 Å². The second-order valence-corrected chi connectivity index (χ2v) is 9.00. The van der Waals surface area contributed by atoms with Crippen LogP contribution in [0.3, 0.4) is 0 Å². The van der Waals surface area contributed by atoms with Crippen LogP contribution in [0.15, 0.2) is 0 Å². The summed E-state index contributed by atoms with van der Waals surface area (Å²) >= 11 is 0. The lowest BCUT2D eigenvalue weighted by Crippen LogP contribution is -2.63. The molecule has 0 aromatic rings. The maximum absolute atomic E-state index is 3.76. The van der Waals surface area contributed by atoms with Crippen LogP contribution in [0.5, 0.6) is 0 Å². The summed E-state index contributed by atoms with van der Waals surface area (Å²) in [4.78, 5) is 3.76. The van der Waals surface area contributed by atoms with Gasteiger partial charge in [-0.25, -0.2) is 0 Å². The first-order valence-corrected chi connectivity index (χ1v) is 7.66. The normalized spacial score (nSPS) is 16.6. The molecule has 0 radical (unpaired) electrons. The number of nitrogens with zero attached hydrogens (tertiary/aromatic N) is 1. The molecule has 0 aromatic carbocycles. The molecule has 0 aromatic heterocycles. The Morgan fingerprint density at radius 3 is 2.00 bits per heavy atom.